The molecule has 0 radical (unpaired) electrons. The van der Waals surface area contributed by atoms with Crippen LogP contribution in [0.15, 0.2) is 54.6 Å². The third-order valence-corrected chi connectivity index (χ3v) is 4.07. The first-order valence-electron chi connectivity index (χ1n) is 8.80. The first-order chi connectivity index (χ1) is 13.4. The number of anilines is 4. The summed E-state index contributed by atoms with van der Waals surface area (Å²) in [6.45, 7) is 1.75. The minimum absolute atomic E-state index is 0.288. The highest BCUT2D eigenvalue weighted by Gasteiger charge is 2.11. The van der Waals surface area contributed by atoms with Crippen LogP contribution in [0.3, 0.4) is 0 Å². The number of ether oxygens (including phenoxy) is 1. The predicted octanol–water partition coefficient (Wildman–Crippen LogP) is 3.86. The van der Waals surface area contributed by atoms with Crippen LogP contribution < -0.4 is 20.3 Å². The van der Waals surface area contributed by atoms with E-state index in [9.17, 15) is 4.79 Å². The van der Waals surface area contributed by atoms with Crippen molar-refractivity contribution in [2.75, 3.05) is 36.7 Å². The lowest BCUT2D eigenvalue weighted by Crippen LogP contribution is -2.15. The Hall–Kier alpha value is -3.61. The van der Waals surface area contributed by atoms with Gasteiger partial charge in [-0.05, 0) is 55.5 Å². The van der Waals surface area contributed by atoms with Crippen molar-refractivity contribution in [3.8, 4) is 5.75 Å². The van der Waals surface area contributed by atoms with Gasteiger partial charge in [-0.25, -0.2) is 9.97 Å². The number of hydrogen-bond donors (Lipinski definition) is 2. The molecule has 0 atom stereocenters. The SMILES string of the molecule is COc1ccc(NC(=O)c2cc(Nc3ccc(N(C)C)cc3)nc(C)n2)cc1. The summed E-state index contributed by atoms with van der Waals surface area (Å²) in [5.41, 5.74) is 2.93. The number of hydrogen-bond acceptors (Lipinski definition) is 6. The summed E-state index contributed by atoms with van der Waals surface area (Å²) < 4.78 is 5.12. The van der Waals surface area contributed by atoms with Crippen molar-refractivity contribution in [2.45, 2.75) is 6.92 Å². The molecule has 0 aliphatic rings. The van der Waals surface area contributed by atoms with Crippen LogP contribution >= 0.6 is 0 Å². The quantitative estimate of drug-likeness (QED) is 0.679. The highest BCUT2D eigenvalue weighted by molar-refractivity contribution is 6.03. The number of aromatic nitrogens is 2. The Bertz CT molecular complexity index is 954. The zero-order valence-electron chi connectivity index (χ0n) is 16.4. The van der Waals surface area contributed by atoms with Gasteiger partial charge in [-0.1, -0.05) is 0 Å². The lowest BCUT2D eigenvalue weighted by Gasteiger charge is -2.13. The summed E-state index contributed by atoms with van der Waals surface area (Å²) >= 11 is 0. The van der Waals surface area contributed by atoms with Crippen molar-refractivity contribution in [1.29, 1.82) is 0 Å². The molecule has 144 valence electrons. The molecule has 0 aliphatic heterocycles. The molecule has 0 spiro atoms. The molecule has 0 aliphatic carbocycles. The second-order valence-corrected chi connectivity index (χ2v) is 6.43. The second kappa shape index (κ2) is 8.39. The van der Waals surface area contributed by atoms with E-state index in [0.29, 0.717) is 17.3 Å². The standard InChI is InChI=1S/C21H23N5O2/c1-14-22-19(21(27)25-16-7-11-18(28-4)12-8-16)13-20(23-14)24-15-5-9-17(10-6-15)26(2)3/h5-13H,1-4H3,(H,25,27)(H,22,23,24). The van der Waals surface area contributed by atoms with Crippen molar-refractivity contribution in [1.82, 2.24) is 9.97 Å². The highest BCUT2D eigenvalue weighted by Crippen LogP contribution is 2.20. The van der Waals surface area contributed by atoms with Crippen molar-refractivity contribution >= 4 is 28.8 Å². The van der Waals surface area contributed by atoms with Crippen molar-refractivity contribution in [3.05, 3.63) is 66.1 Å². The summed E-state index contributed by atoms with van der Waals surface area (Å²) in [5, 5.41) is 6.05. The molecule has 7 nitrogen and oxygen atoms in total. The largest absolute Gasteiger partial charge is 0.497 e. The first-order valence-corrected chi connectivity index (χ1v) is 8.80. The maximum absolute atomic E-state index is 12.6. The number of carbonyl (C=O) groups excluding carboxylic acids is 1. The Labute approximate surface area is 164 Å². The number of nitrogens with one attached hydrogen (secondary N) is 2. The number of nitrogens with zero attached hydrogens (tertiary/aromatic N) is 3. The van der Waals surface area contributed by atoms with Gasteiger partial charge in [-0.2, -0.15) is 0 Å². The minimum Gasteiger partial charge on any atom is -0.497 e. The van der Waals surface area contributed by atoms with E-state index in [1.54, 1.807) is 44.4 Å². The van der Waals surface area contributed by atoms with E-state index >= 15 is 0 Å². The fourth-order valence-corrected chi connectivity index (χ4v) is 2.61. The van der Waals surface area contributed by atoms with E-state index in [2.05, 4.69) is 20.6 Å². The molecule has 0 fully saturated rings. The van der Waals surface area contributed by atoms with Crippen molar-refractivity contribution in [3.63, 3.8) is 0 Å². The van der Waals surface area contributed by atoms with Gasteiger partial charge in [0, 0.05) is 37.2 Å². The van der Waals surface area contributed by atoms with E-state index in [1.165, 1.54) is 0 Å². The van der Waals surface area contributed by atoms with Gasteiger partial charge >= 0.3 is 0 Å². The summed E-state index contributed by atoms with van der Waals surface area (Å²) in [6, 6.07) is 16.7. The van der Waals surface area contributed by atoms with Crippen LogP contribution in [0.5, 0.6) is 5.75 Å². The van der Waals surface area contributed by atoms with Crippen LogP contribution in [0.1, 0.15) is 16.3 Å². The molecule has 2 N–H and O–H groups in total. The van der Waals surface area contributed by atoms with Gasteiger partial charge in [-0.15, -0.1) is 0 Å². The summed E-state index contributed by atoms with van der Waals surface area (Å²) in [6.07, 6.45) is 0. The Morgan fingerprint density at radius 2 is 1.61 bits per heavy atom. The highest BCUT2D eigenvalue weighted by atomic mass is 16.5. The molecule has 1 aromatic heterocycles. The maximum Gasteiger partial charge on any atom is 0.274 e. The normalized spacial score (nSPS) is 10.3. The monoisotopic (exact) mass is 377 g/mol. The number of amides is 1. The molecule has 1 amide bonds. The third-order valence-electron chi connectivity index (χ3n) is 4.07. The minimum atomic E-state index is -0.304. The van der Waals surface area contributed by atoms with Crippen LogP contribution in [0.4, 0.5) is 22.9 Å². The average molecular weight is 377 g/mol. The lowest BCUT2D eigenvalue weighted by molar-refractivity contribution is 0.102. The van der Waals surface area contributed by atoms with E-state index in [-0.39, 0.29) is 11.6 Å². The van der Waals surface area contributed by atoms with Crippen molar-refractivity contribution in [2.24, 2.45) is 0 Å². The van der Waals surface area contributed by atoms with Gasteiger partial charge in [0.15, 0.2) is 0 Å². The lowest BCUT2D eigenvalue weighted by atomic mass is 10.2. The number of rotatable bonds is 6. The van der Waals surface area contributed by atoms with Gasteiger partial charge in [-0.3, -0.25) is 4.79 Å². The third kappa shape index (κ3) is 4.76. The average Bonchev–Trinajstić information content (AvgIpc) is 2.68. The first kappa shape index (κ1) is 19.2. The molecule has 0 bridgehead atoms. The second-order valence-electron chi connectivity index (χ2n) is 6.43. The molecule has 2 aromatic carbocycles. The zero-order valence-corrected chi connectivity index (χ0v) is 16.4. The fraction of sp³-hybridized carbons (Fsp3) is 0.190. The smallest absolute Gasteiger partial charge is 0.274 e. The summed E-state index contributed by atoms with van der Waals surface area (Å²) in [7, 11) is 5.58. The van der Waals surface area contributed by atoms with Crippen LogP contribution in [0.25, 0.3) is 0 Å². The van der Waals surface area contributed by atoms with Gasteiger partial charge in [0.2, 0.25) is 0 Å². The van der Waals surface area contributed by atoms with E-state index in [1.807, 2.05) is 43.3 Å². The molecule has 1 heterocycles. The summed E-state index contributed by atoms with van der Waals surface area (Å²) in [4.78, 5) is 23.2. The van der Waals surface area contributed by atoms with Gasteiger partial charge in [0.25, 0.3) is 5.91 Å². The zero-order chi connectivity index (χ0) is 20.1. The fourth-order valence-electron chi connectivity index (χ4n) is 2.61. The van der Waals surface area contributed by atoms with Crippen LogP contribution in [0, 0.1) is 6.92 Å². The molecule has 0 unspecified atom stereocenters. The van der Waals surface area contributed by atoms with Crippen LogP contribution in [-0.2, 0) is 0 Å². The number of benzene rings is 2. The molecule has 28 heavy (non-hydrogen) atoms. The van der Waals surface area contributed by atoms with Crippen LogP contribution in [-0.4, -0.2) is 37.1 Å². The van der Waals surface area contributed by atoms with Crippen molar-refractivity contribution < 1.29 is 9.53 Å². The Kier molecular flexibility index (Phi) is 5.74. The molecule has 3 aromatic rings. The predicted molar refractivity (Wildman–Crippen MR) is 112 cm³/mol. The number of aryl methyl sites for hydroxylation is 1. The molecule has 0 saturated carbocycles. The maximum atomic E-state index is 12.6. The molecule has 3 rings (SSSR count). The Morgan fingerprint density at radius 1 is 0.964 bits per heavy atom. The van der Waals surface area contributed by atoms with Crippen LogP contribution in [0.2, 0.25) is 0 Å². The van der Waals surface area contributed by atoms with E-state index in [4.69, 9.17) is 4.74 Å². The van der Waals surface area contributed by atoms with Gasteiger partial charge in [0.1, 0.15) is 23.1 Å². The molecular weight excluding hydrogens is 354 g/mol. The Morgan fingerprint density at radius 3 is 2.21 bits per heavy atom. The van der Waals surface area contributed by atoms with E-state index in [0.717, 1.165) is 17.1 Å². The number of methoxy groups -OCH3 is 1. The number of carbonyl (C=O) groups is 1. The summed E-state index contributed by atoms with van der Waals surface area (Å²) in [5.74, 6) is 1.49. The Balaban J connectivity index is 1.75. The topological polar surface area (TPSA) is 79.4 Å². The van der Waals surface area contributed by atoms with Gasteiger partial charge in [0.05, 0.1) is 7.11 Å². The molecular formula is C21H23N5O2. The van der Waals surface area contributed by atoms with Gasteiger partial charge < -0.3 is 20.3 Å². The van der Waals surface area contributed by atoms with E-state index < -0.39 is 0 Å². The molecule has 0 saturated heterocycles. The molecule has 7 heteroatoms.